The average molecular weight is 440 g/mol. The van der Waals surface area contributed by atoms with Gasteiger partial charge in [0, 0.05) is 29.4 Å². The second-order valence-corrected chi connectivity index (χ2v) is 8.90. The number of hydrogen-bond acceptors (Lipinski definition) is 5. The van der Waals surface area contributed by atoms with Crippen LogP contribution in [0.3, 0.4) is 0 Å². The number of anilines is 1. The number of sulfonamides is 1. The van der Waals surface area contributed by atoms with E-state index >= 15 is 0 Å². The molecule has 2 aromatic carbocycles. The number of rotatable bonds is 6. The highest BCUT2D eigenvalue weighted by atomic mass is 32.2. The normalized spacial score (nSPS) is 11.7. The quantitative estimate of drug-likeness (QED) is 0.479. The van der Waals surface area contributed by atoms with Crippen LogP contribution in [0.1, 0.15) is 16.8 Å². The van der Waals surface area contributed by atoms with E-state index in [0.717, 1.165) is 28.2 Å². The zero-order valence-electron chi connectivity index (χ0n) is 17.1. The zero-order chi connectivity index (χ0) is 22.2. The summed E-state index contributed by atoms with van der Waals surface area (Å²) < 4.78 is 37.8. The first-order valence-corrected chi connectivity index (χ1v) is 11.3. The second-order valence-electron chi connectivity index (χ2n) is 7.34. The van der Waals surface area contributed by atoms with E-state index in [1.807, 2.05) is 19.9 Å². The Morgan fingerprint density at radius 3 is 2.39 bits per heavy atom. The molecule has 0 unspecified atom stereocenters. The lowest BCUT2D eigenvalue weighted by atomic mass is 10.1. The summed E-state index contributed by atoms with van der Waals surface area (Å²) in [6.07, 6.45) is 0.680. The van der Waals surface area contributed by atoms with Gasteiger partial charge in [-0.05, 0) is 62.2 Å². The molecule has 0 radical (unpaired) electrons. The molecule has 2 heterocycles. The molecule has 0 aliphatic rings. The number of nitrogens with one attached hydrogen (secondary N) is 1. The van der Waals surface area contributed by atoms with Crippen molar-refractivity contribution in [1.29, 1.82) is 0 Å². The summed E-state index contributed by atoms with van der Waals surface area (Å²) >= 11 is 0. The highest BCUT2D eigenvalue weighted by Gasteiger charge is 2.14. The van der Waals surface area contributed by atoms with Crippen LogP contribution in [-0.2, 0) is 16.4 Å². The summed E-state index contributed by atoms with van der Waals surface area (Å²) in [6.45, 7) is 4.53. The number of nitrogens with zero attached hydrogens (tertiary/aromatic N) is 3. The van der Waals surface area contributed by atoms with Crippen molar-refractivity contribution in [3.8, 4) is 11.3 Å². The van der Waals surface area contributed by atoms with Gasteiger partial charge in [0.25, 0.3) is 0 Å². The van der Waals surface area contributed by atoms with Crippen LogP contribution >= 0.6 is 0 Å². The fraction of sp³-hybridized carbons (Fsp3) is 0.182. The largest absolute Gasteiger partial charge is 0.369 e. The summed E-state index contributed by atoms with van der Waals surface area (Å²) in [5.74, 6) is 0.536. The third kappa shape index (κ3) is 4.42. The van der Waals surface area contributed by atoms with E-state index < -0.39 is 10.0 Å². The Balaban J connectivity index is 1.58. The summed E-state index contributed by atoms with van der Waals surface area (Å²) in [5.41, 5.74) is 5.06. The number of benzene rings is 2. The topological polar surface area (TPSA) is 102 Å². The maximum atomic E-state index is 13.3. The third-order valence-corrected chi connectivity index (χ3v) is 6.11. The molecule has 3 N–H and O–H groups in total. The second kappa shape index (κ2) is 8.09. The molecule has 0 aliphatic carbocycles. The summed E-state index contributed by atoms with van der Waals surface area (Å²) in [7, 11) is -3.70. The first kappa shape index (κ1) is 21.0. The van der Waals surface area contributed by atoms with Gasteiger partial charge in [-0.3, -0.25) is 0 Å². The van der Waals surface area contributed by atoms with Gasteiger partial charge in [-0.2, -0.15) is 9.61 Å². The van der Waals surface area contributed by atoms with Crippen LogP contribution < -0.4 is 10.5 Å². The Bertz CT molecular complexity index is 1350. The summed E-state index contributed by atoms with van der Waals surface area (Å²) in [4.78, 5) is 4.71. The highest BCUT2D eigenvalue weighted by Crippen LogP contribution is 2.25. The molecule has 0 saturated heterocycles. The van der Waals surface area contributed by atoms with E-state index in [1.165, 1.54) is 24.3 Å². The van der Waals surface area contributed by atoms with Crippen LogP contribution in [0.2, 0.25) is 0 Å². The smallest absolute Gasteiger partial charge is 0.238 e. The van der Waals surface area contributed by atoms with Crippen molar-refractivity contribution in [1.82, 2.24) is 14.6 Å². The van der Waals surface area contributed by atoms with Gasteiger partial charge in [-0.25, -0.2) is 22.9 Å². The van der Waals surface area contributed by atoms with E-state index in [1.54, 1.807) is 28.8 Å². The van der Waals surface area contributed by atoms with Crippen LogP contribution in [0.4, 0.5) is 10.2 Å². The number of fused-ring (bicyclic) bond motifs is 1. The standard InChI is InChI=1S/C22H22FN5O2S/c1-14-15(2)26-21-13-20(17-5-7-18(23)8-6-17)27-28(21)22(14)25-12-11-16-3-9-19(10-4-16)31(24,29)30/h3-10,13,25H,11-12H2,1-2H3,(H2,24,29,30). The van der Waals surface area contributed by atoms with Crippen LogP contribution in [0, 0.1) is 19.7 Å². The van der Waals surface area contributed by atoms with Gasteiger partial charge < -0.3 is 5.32 Å². The summed E-state index contributed by atoms with van der Waals surface area (Å²) in [5, 5.41) is 13.2. The molecule has 4 rings (SSSR count). The minimum absolute atomic E-state index is 0.0939. The average Bonchev–Trinajstić information content (AvgIpc) is 3.14. The fourth-order valence-electron chi connectivity index (χ4n) is 3.34. The molecule has 160 valence electrons. The lowest BCUT2D eigenvalue weighted by Crippen LogP contribution is -2.13. The minimum Gasteiger partial charge on any atom is -0.369 e. The van der Waals surface area contributed by atoms with Crippen molar-refractivity contribution in [2.45, 2.75) is 25.2 Å². The number of hydrogen-bond donors (Lipinski definition) is 2. The fourth-order valence-corrected chi connectivity index (χ4v) is 3.86. The number of primary sulfonamides is 1. The number of aromatic nitrogens is 3. The predicted molar refractivity (Wildman–Crippen MR) is 118 cm³/mol. The van der Waals surface area contributed by atoms with Crippen LogP contribution in [0.25, 0.3) is 16.9 Å². The monoisotopic (exact) mass is 439 g/mol. The third-order valence-electron chi connectivity index (χ3n) is 5.18. The Morgan fingerprint density at radius 1 is 1.06 bits per heavy atom. The van der Waals surface area contributed by atoms with Gasteiger partial charge in [0.15, 0.2) is 5.65 Å². The zero-order valence-corrected chi connectivity index (χ0v) is 17.9. The molecule has 2 aromatic heterocycles. The Kier molecular flexibility index (Phi) is 5.47. The Hall–Kier alpha value is -3.30. The summed E-state index contributed by atoms with van der Waals surface area (Å²) in [6, 6.07) is 14.6. The number of nitrogens with two attached hydrogens (primary N) is 1. The Labute approximate surface area is 179 Å². The van der Waals surface area contributed by atoms with Crippen LogP contribution in [0.15, 0.2) is 59.5 Å². The first-order chi connectivity index (χ1) is 14.7. The van der Waals surface area contributed by atoms with Crippen molar-refractivity contribution in [3.05, 3.63) is 77.2 Å². The molecule has 0 saturated carbocycles. The molecular formula is C22H22FN5O2S. The minimum atomic E-state index is -3.70. The van der Waals surface area contributed by atoms with Gasteiger partial charge in [-0.1, -0.05) is 12.1 Å². The van der Waals surface area contributed by atoms with E-state index in [9.17, 15) is 12.8 Å². The van der Waals surface area contributed by atoms with Crippen LogP contribution in [-0.4, -0.2) is 29.6 Å². The van der Waals surface area contributed by atoms with Crippen molar-refractivity contribution in [2.75, 3.05) is 11.9 Å². The van der Waals surface area contributed by atoms with Crippen LogP contribution in [0.5, 0.6) is 0 Å². The molecule has 7 nitrogen and oxygen atoms in total. The van der Waals surface area contributed by atoms with Gasteiger partial charge in [0.2, 0.25) is 10.0 Å². The number of halogens is 1. The highest BCUT2D eigenvalue weighted by molar-refractivity contribution is 7.89. The molecule has 0 spiro atoms. The lowest BCUT2D eigenvalue weighted by molar-refractivity contribution is 0.597. The maximum Gasteiger partial charge on any atom is 0.238 e. The van der Waals surface area contributed by atoms with E-state index in [0.29, 0.717) is 24.3 Å². The molecule has 31 heavy (non-hydrogen) atoms. The molecule has 0 atom stereocenters. The van der Waals surface area contributed by atoms with Crippen molar-refractivity contribution < 1.29 is 12.8 Å². The molecule has 9 heteroatoms. The SMILES string of the molecule is Cc1nc2cc(-c3ccc(F)cc3)nn2c(NCCc2ccc(S(N)(=O)=O)cc2)c1C. The van der Waals surface area contributed by atoms with Crippen molar-refractivity contribution in [3.63, 3.8) is 0 Å². The molecule has 0 fully saturated rings. The lowest BCUT2D eigenvalue weighted by Gasteiger charge is -2.13. The van der Waals surface area contributed by atoms with E-state index in [4.69, 9.17) is 5.14 Å². The molecule has 4 aromatic rings. The maximum absolute atomic E-state index is 13.3. The van der Waals surface area contributed by atoms with Gasteiger partial charge in [0.05, 0.1) is 10.6 Å². The van der Waals surface area contributed by atoms with Gasteiger partial charge >= 0.3 is 0 Å². The van der Waals surface area contributed by atoms with Gasteiger partial charge in [-0.15, -0.1) is 0 Å². The molecule has 0 bridgehead atoms. The van der Waals surface area contributed by atoms with E-state index in [-0.39, 0.29) is 10.7 Å². The number of aryl methyl sites for hydroxylation is 1. The van der Waals surface area contributed by atoms with Crippen molar-refractivity contribution in [2.24, 2.45) is 5.14 Å². The van der Waals surface area contributed by atoms with Crippen molar-refractivity contribution >= 4 is 21.5 Å². The molecule has 0 aliphatic heterocycles. The van der Waals surface area contributed by atoms with E-state index in [2.05, 4.69) is 15.4 Å². The Morgan fingerprint density at radius 2 is 1.74 bits per heavy atom. The van der Waals surface area contributed by atoms with Gasteiger partial charge in [0.1, 0.15) is 11.6 Å². The first-order valence-electron chi connectivity index (χ1n) is 9.71. The molecule has 0 amide bonds. The molecular weight excluding hydrogens is 417 g/mol. The predicted octanol–water partition coefficient (Wildman–Crippen LogP) is 3.45.